The van der Waals surface area contributed by atoms with Crippen molar-refractivity contribution in [1.82, 2.24) is 16.0 Å². The fourth-order valence-corrected chi connectivity index (χ4v) is 3.75. The van der Waals surface area contributed by atoms with Gasteiger partial charge in [-0.1, -0.05) is 32.4 Å². The molecule has 0 fully saturated rings. The minimum absolute atomic E-state index is 0.0116. The first-order chi connectivity index (χ1) is 18.4. The normalized spacial score (nSPS) is 14.8. The summed E-state index contributed by atoms with van der Waals surface area (Å²) in [6, 6.07) is 1.46. The van der Waals surface area contributed by atoms with E-state index in [1.165, 1.54) is 12.1 Å². The van der Waals surface area contributed by atoms with Crippen molar-refractivity contribution in [1.29, 1.82) is 0 Å². The van der Waals surface area contributed by atoms with Crippen LogP contribution in [0, 0.1) is 5.92 Å². The lowest BCUT2D eigenvalue weighted by molar-refractivity contribution is -0.142. The zero-order chi connectivity index (χ0) is 29.5. The minimum atomic E-state index is -1.29. The number of carboxylic acid groups (broad SMARTS) is 1. The van der Waals surface area contributed by atoms with Gasteiger partial charge in [-0.25, -0.2) is 4.79 Å². The molecule has 13 nitrogen and oxygen atoms in total. The fourth-order valence-electron chi connectivity index (χ4n) is 3.75. The average Bonchev–Trinajstić information content (AvgIpc) is 2.89. The largest absolute Gasteiger partial charge is 0.508 e. The number of amides is 4. The van der Waals surface area contributed by atoms with E-state index in [-0.39, 0.29) is 37.4 Å². The van der Waals surface area contributed by atoms with Crippen molar-refractivity contribution in [2.75, 3.05) is 6.54 Å². The Kier molecular flexibility index (Phi) is 14.5. The molecule has 39 heavy (non-hydrogen) atoms. The summed E-state index contributed by atoms with van der Waals surface area (Å²) in [5, 5.41) is 26.9. The molecule has 0 aliphatic heterocycles. The molecule has 5 atom stereocenters. The highest BCUT2D eigenvalue weighted by Crippen LogP contribution is 2.13. The van der Waals surface area contributed by atoms with Crippen LogP contribution in [-0.4, -0.2) is 70.5 Å². The molecule has 4 amide bonds. The Morgan fingerprint density at radius 2 is 1.51 bits per heavy atom. The van der Waals surface area contributed by atoms with E-state index < -0.39 is 53.8 Å². The maximum Gasteiger partial charge on any atom is 0.326 e. The number of aliphatic carboxylic acids is 1. The Morgan fingerprint density at radius 1 is 0.897 bits per heavy atom. The molecular weight excluding hydrogens is 508 g/mol. The van der Waals surface area contributed by atoms with Crippen LogP contribution in [-0.2, 0) is 30.4 Å². The van der Waals surface area contributed by atoms with Crippen LogP contribution in [0.15, 0.2) is 24.3 Å². The molecule has 0 bridgehead atoms. The Hall–Kier alpha value is -3.71. The Morgan fingerprint density at radius 3 is 2.05 bits per heavy atom. The van der Waals surface area contributed by atoms with Gasteiger partial charge in [-0.05, 0) is 55.8 Å². The van der Waals surface area contributed by atoms with Crippen LogP contribution in [0.1, 0.15) is 57.9 Å². The van der Waals surface area contributed by atoms with E-state index in [0.29, 0.717) is 31.4 Å². The number of hydrogen-bond acceptors (Lipinski definition) is 8. The van der Waals surface area contributed by atoms with Crippen LogP contribution in [0.3, 0.4) is 0 Å². The van der Waals surface area contributed by atoms with Crippen molar-refractivity contribution in [2.24, 2.45) is 23.1 Å². The standard InChI is InChI=1S/C26H42N6O7/c1-3-15(2)22(32-23(35)18(28)11-12-21(29)34)25(37)30-19(6-4-5-13-27)24(36)31-20(26(38)39)14-16-7-9-17(33)10-8-16/h7-10,15,18-20,22,33H,3-6,11-14,27-28H2,1-2H3,(H2,29,34)(H,30,37)(H,31,36)(H,32,35)(H,38,39). The van der Waals surface area contributed by atoms with Crippen LogP contribution in [0.5, 0.6) is 5.75 Å². The van der Waals surface area contributed by atoms with Crippen LogP contribution in [0.25, 0.3) is 0 Å². The van der Waals surface area contributed by atoms with E-state index in [4.69, 9.17) is 17.2 Å². The summed E-state index contributed by atoms with van der Waals surface area (Å²) in [6.45, 7) is 3.95. The smallest absolute Gasteiger partial charge is 0.326 e. The zero-order valence-corrected chi connectivity index (χ0v) is 22.5. The van der Waals surface area contributed by atoms with E-state index in [1.54, 1.807) is 19.1 Å². The number of carbonyl (C=O) groups excluding carboxylic acids is 4. The molecule has 1 rings (SSSR count). The number of aromatic hydroxyl groups is 1. The van der Waals surface area contributed by atoms with E-state index in [9.17, 15) is 34.2 Å². The number of carbonyl (C=O) groups is 5. The molecule has 0 spiro atoms. The first-order valence-corrected chi connectivity index (χ1v) is 13.0. The van der Waals surface area contributed by atoms with Crippen molar-refractivity contribution in [2.45, 2.75) is 83.0 Å². The maximum atomic E-state index is 13.3. The number of unbranched alkanes of at least 4 members (excludes halogenated alkanes) is 1. The maximum absolute atomic E-state index is 13.3. The van der Waals surface area contributed by atoms with Gasteiger partial charge in [-0.15, -0.1) is 0 Å². The summed E-state index contributed by atoms with van der Waals surface area (Å²) in [7, 11) is 0. The van der Waals surface area contributed by atoms with Crippen molar-refractivity contribution in [3.8, 4) is 5.75 Å². The van der Waals surface area contributed by atoms with Crippen LogP contribution >= 0.6 is 0 Å². The first kappa shape index (κ1) is 33.3. The topological polar surface area (TPSA) is 240 Å². The zero-order valence-electron chi connectivity index (χ0n) is 22.5. The molecule has 0 saturated carbocycles. The molecule has 0 heterocycles. The molecule has 1 aromatic rings. The number of rotatable bonds is 18. The van der Waals surface area contributed by atoms with E-state index in [0.717, 1.165) is 0 Å². The molecule has 218 valence electrons. The summed E-state index contributed by atoms with van der Waals surface area (Å²) >= 11 is 0. The number of primary amides is 1. The van der Waals surface area contributed by atoms with Gasteiger partial charge in [-0.2, -0.15) is 0 Å². The predicted octanol–water partition coefficient (Wildman–Crippen LogP) is -0.758. The summed E-state index contributed by atoms with van der Waals surface area (Å²) in [5.74, 6) is -4.14. The monoisotopic (exact) mass is 550 g/mol. The van der Waals surface area contributed by atoms with Crippen molar-refractivity contribution in [3.05, 3.63) is 29.8 Å². The molecular formula is C26H42N6O7. The predicted molar refractivity (Wildman–Crippen MR) is 144 cm³/mol. The molecule has 5 unspecified atom stereocenters. The van der Waals surface area contributed by atoms with Crippen molar-refractivity contribution < 1.29 is 34.2 Å². The van der Waals surface area contributed by atoms with Crippen LogP contribution < -0.4 is 33.2 Å². The molecule has 13 heteroatoms. The number of hydrogen-bond donors (Lipinski definition) is 8. The average molecular weight is 551 g/mol. The number of carboxylic acids is 1. The minimum Gasteiger partial charge on any atom is -0.508 e. The quantitative estimate of drug-likeness (QED) is 0.107. The van der Waals surface area contributed by atoms with Gasteiger partial charge in [0.25, 0.3) is 0 Å². The molecule has 0 aliphatic rings. The highest BCUT2D eigenvalue weighted by atomic mass is 16.4. The van der Waals surface area contributed by atoms with E-state index >= 15 is 0 Å². The summed E-state index contributed by atoms with van der Waals surface area (Å²) in [5.41, 5.74) is 17.1. The molecule has 1 aromatic carbocycles. The Bertz CT molecular complexity index is 972. The number of nitrogens with two attached hydrogens (primary N) is 3. The molecule has 0 radical (unpaired) electrons. The van der Waals surface area contributed by atoms with Crippen molar-refractivity contribution >= 4 is 29.6 Å². The Labute approximate surface area is 228 Å². The van der Waals surface area contributed by atoms with Gasteiger partial charge in [0.15, 0.2) is 0 Å². The SMILES string of the molecule is CCC(C)C(NC(=O)C(N)CCC(N)=O)C(=O)NC(CCCCN)C(=O)NC(Cc1ccc(O)cc1)C(=O)O. The van der Waals surface area contributed by atoms with E-state index in [2.05, 4.69) is 16.0 Å². The lowest BCUT2D eigenvalue weighted by Crippen LogP contribution is -2.58. The third-order valence-corrected chi connectivity index (χ3v) is 6.40. The Balaban J connectivity index is 3.03. The van der Waals surface area contributed by atoms with Gasteiger partial charge < -0.3 is 43.4 Å². The highest BCUT2D eigenvalue weighted by molar-refractivity contribution is 5.94. The van der Waals surface area contributed by atoms with Gasteiger partial charge in [0.2, 0.25) is 23.6 Å². The lowest BCUT2D eigenvalue weighted by Gasteiger charge is -2.28. The number of nitrogens with one attached hydrogen (secondary N) is 3. The second-order valence-corrected chi connectivity index (χ2v) is 9.60. The molecule has 0 aliphatic carbocycles. The van der Waals surface area contributed by atoms with Gasteiger partial charge >= 0.3 is 5.97 Å². The van der Waals surface area contributed by atoms with Gasteiger partial charge in [-0.3, -0.25) is 19.2 Å². The second kappa shape index (κ2) is 17.0. The number of benzene rings is 1. The van der Waals surface area contributed by atoms with E-state index in [1.807, 2.05) is 6.92 Å². The molecule has 11 N–H and O–H groups in total. The lowest BCUT2D eigenvalue weighted by atomic mass is 9.96. The number of phenols is 1. The summed E-state index contributed by atoms with van der Waals surface area (Å²) < 4.78 is 0. The molecule has 0 aromatic heterocycles. The third-order valence-electron chi connectivity index (χ3n) is 6.40. The third kappa shape index (κ3) is 12.1. The van der Waals surface area contributed by atoms with Gasteiger partial charge in [0.1, 0.15) is 23.9 Å². The van der Waals surface area contributed by atoms with Gasteiger partial charge in [0, 0.05) is 12.8 Å². The fraction of sp³-hybridized carbons (Fsp3) is 0.577. The molecule has 0 saturated heterocycles. The number of phenolic OH excluding ortho intramolecular Hbond substituents is 1. The van der Waals surface area contributed by atoms with Gasteiger partial charge in [0.05, 0.1) is 6.04 Å². The van der Waals surface area contributed by atoms with Crippen molar-refractivity contribution in [3.63, 3.8) is 0 Å². The van der Waals surface area contributed by atoms with Crippen LogP contribution in [0.4, 0.5) is 0 Å². The first-order valence-electron chi connectivity index (χ1n) is 13.0. The van der Waals surface area contributed by atoms with Crippen LogP contribution in [0.2, 0.25) is 0 Å². The second-order valence-electron chi connectivity index (χ2n) is 9.60. The summed E-state index contributed by atoms with van der Waals surface area (Å²) in [4.78, 5) is 61.9. The highest BCUT2D eigenvalue weighted by Gasteiger charge is 2.32. The summed E-state index contributed by atoms with van der Waals surface area (Å²) in [6.07, 6.45) is 1.66.